The summed E-state index contributed by atoms with van der Waals surface area (Å²) in [5, 5.41) is 1.99. The fourth-order valence-corrected chi connectivity index (χ4v) is 4.09. The van der Waals surface area contributed by atoms with Crippen LogP contribution < -0.4 is 5.73 Å². The third-order valence-electron chi connectivity index (χ3n) is 3.70. The van der Waals surface area contributed by atoms with Crippen molar-refractivity contribution in [1.29, 1.82) is 0 Å². The second kappa shape index (κ2) is 5.61. The molecule has 0 radical (unpaired) electrons. The molecule has 0 fully saturated rings. The van der Waals surface area contributed by atoms with E-state index in [0.717, 1.165) is 23.4 Å². The number of thiazole rings is 1. The van der Waals surface area contributed by atoms with Crippen LogP contribution in [0.3, 0.4) is 0 Å². The third-order valence-corrected chi connectivity index (χ3v) is 5.20. The molecule has 1 atom stereocenters. The fraction of sp³-hybridized carbons (Fsp3) is 0.400. The van der Waals surface area contributed by atoms with Crippen molar-refractivity contribution in [2.45, 2.75) is 31.6 Å². The molecule has 1 aliphatic rings. The number of benzene rings is 1. The van der Waals surface area contributed by atoms with E-state index in [1.165, 1.54) is 28.4 Å². The molecule has 0 aliphatic heterocycles. The highest BCUT2D eigenvalue weighted by Crippen LogP contribution is 2.35. The summed E-state index contributed by atoms with van der Waals surface area (Å²) >= 11 is 8.05. The Kier molecular flexibility index (Phi) is 3.87. The first-order valence-corrected chi connectivity index (χ1v) is 7.89. The van der Waals surface area contributed by atoms with E-state index in [1.54, 1.807) is 0 Å². The summed E-state index contributed by atoms with van der Waals surface area (Å²) < 4.78 is 0. The van der Waals surface area contributed by atoms with E-state index in [4.69, 9.17) is 22.3 Å². The molecular weight excluding hydrogens is 276 g/mol. The molecule has 2 N–H and O–H groups in total. The Morgan fingerprint density at radius 2 is 2.21 bits per heavy atom. The topological polar surface area (TPSA) is 38.9 Å². The van der Waals surface area contributed by atoms with Gasteiger partial charge in [-0.2, -0.15) is 0 Å². The van der Waals surface area contributed by atoms with Gasteiger partial charge in [-0.25, -0.2) is 4.98 Å². The van der Waals surface area contributed by atoms with Crippen LogP contribution in [-0.2, 0) is 12.8 Å². The minimum atomic E-state index is 0.458. The Bertz CT molecular complexity index is 579. The molecule has 1 aromatic carbocycles. The minimum absolute atomic E-state index is 0.458. The summed E-state index contributed by atoms with van der Waals surface area (Å²) in [6.07, 6.45) is 4.40. The summed E-state index contributed by atoms with van der Waals surface area (Å²) in [7, 11) is 0. The lowest BCUT2D eigenvalue weighted by Gasteiger charge is -2.18. The van der Waals surface area contributed by atoms with Gasteiger partial charge < -0.3 is 5.73 Å². The van der Waals surface area contributed by atoms with Crippen molar-refractivity contribution in [1.82, 2.24) is 4.98 Å². The van der Waals surface area contributed by atoms with Crippen molar-refractivity contribution in [3.05, 3.63) is 50.4 Å². The van der Waals surface area contributed by atoms with Crippen molar-refractivity contribution >= 4 is 22.9 Å². The van der Waals surface area contributed by atoms with Crippen molar-refractivity contribution < 1.29 is 0 Å². The van der Waals surface area contributed by atoms with E-state index in [-0.39, 0.29) is 0 Å². The molecule has 0 bridgehead atoms. The maximum absolute atomic E-state index is 6.21. The van der Waals surface area contributed by atoms with E-state index in [9.17, 15) is 0 Å². The Morgan fingerprint density at radius 3 is 3.00 bits per heavy atom. The zero-order chi connectivity index (χ0) is 13.2. The first-order chi connectivity index (χ1) is 9.28. The molecule has 1 aromatic heterocycles. The smallest absolute Gasteiger partial charge is 0.0975 e. The van der Waals surface area contributed by atoms with Crippen LogP contribution in [0.4, 0.5) is 0 Å². The van der Waals surface area contributed by atoms with E-state index in [2.05, 4.69) is 6.07 Å². The number of hydrogen-bond acceptors (Lipinski definition) is 3. The highest BCUT2D eigenvalue weighted by molar-refractivity contribution is 7.11. The first-order valence-electron chi connectivity index (χ1n) is 6.70. The molecule has 0 amide bonds. The molecule has 2 nitrogen and oxygen atoms in total. The maximum Gasteiger partial charge on any atom is 0.0975 e. The molecule has 0 saturated heterocycles. The van der Waals surface area contributed by atoms with Crippen LogP contribution in [0.5, 0.6) is 0 Å². The van der Waals surface area contributed by atoms with Crippen molar-refractivity contribution in [2.75, 3.05) is 6.54 Å². The van der Waals surface area contributed by atoms with Crippen LogP contribution in [0.25, 0.3) is 0 Å². The number of aryl methyl sites for hydroxylation is 1. The highest BCUT2D eigenvalue weighted by Gasteiger charge is 2.23. The summed E-state index contributed by atoms with van der Waals surface area (Å²) in [4.78, 5) is 6.25. The van der Waals surface area contributed by atoms with E-state index < -0.39 is 0 Å². The van der Waals surface area contributed by atoms with Gasteiger partial charge in [0.05, 0.1) is 10.7 Å². The number of nitrogens with zero attached hydrogens (tertiary/aromatic N) is 1. The van der Waals surface area contributed by atoms with Gasteiger partial charge in [-0.3, -0.25) is 0 Å². The Labute approximate surface area is 122 Å². The van der Waals surface area contributed by atoms with Crippen LogP contribution in [0.15, 0.2) is 24.3 Å². The average molecular weight is 293 g/mol. The number of hydrogen-bond donors (Lipinski definition) is 1. The van der Waals surface area contributed by atoms with Gasteiger partial charge in [0.25, 0.3) is 0 Å². The van der Waals surface area contributed by atoms with Crippen LogP contribution in [0.2, 0.25) is 5.02 Å². The Morgan fingerprint density at radius 1 is 1.37 bits per heavy atom. The largest absolute Gasteiger partial charge is 0.330 e. The fourth-order valence-electron chi connectivity index (χ4n) is 2.67. The maximum atomic E-state index is 6.21. The lowest BCUT2D eigenvalue weighted by molar-refractivity contribution is 0.553. The van der Waals surface area contributed by atoms with Crippen molar-refractivity contribution in [2.24, 2.45) is 5.73 Å². The predicted molar refractivity (Wildman–Crippen MR) is 81.1 cm³/mol. The second-order valence-corrected chi connectivity index (χ2v) is 6.58. The van der Waals surface area contributed by atoms with Crippen LogP contribution >= 0.6 is 22.9 Å². The average Bonchev–Trinajstić information content (AvgIpc) is 2.83. The first kappa shape index (κ1) is 13.1. The Balaban J connectivity index is 1.87. The lowest BCUT2D eigenvalue weighted by atomic mass is 9.91. The molecule has 1 unspecified atom stereocenters. The van der Waals surface area contributed by atoms with Gasteiger partial charge >= 0.3 is 0 Å². The van der Waals surface area contributed by atoms with Gasteiger partial charge in [0, 0.05) is 28.8 Å². The van der Waals surface area contributed by atoms with E-state index in [1.807, 2.05) is 29.5 Å². The molecule has 3 rings (SSSR count). The molecule has 0 spiro atoms. The van der Waals surface area contributed by atoms with Crippen LogP contribution in [0, 0.1) is 0 Å². The quantitative estimate of drug-likeness (QED) is 0.935. The second-order valence-electron chi connectivity index (χ2n) is 5.01. The monoisotopic (exact) mass is 292 g/mol. The molecule has 2 aromatic rings. The molecule has 100 valence electrons. The summed E-state index contributed by atoms with van der Waals surface area (Å²) in [6.45, 7) is 0.711. The number of rotatable bonds is 3. The highest BCUT2D eigenvalue weighted by atomic mass is 35.5. The molecule has 0 saturated carbocycles. The van der Waals surface area contributed by atoms with Crippen LogP contribution in [0.1, 0.15) is 39.9 Å². The van der Waals surface area contributed by atoms with Crippen molar-refractivity contribution in [3.63, 3.8) is 0 Å². The molecule has 4 heteroatoms. The normalized spacial score (nSPS) is 18.3. The van der Waals surface area contributed by atoms with Gasteiger partial charge in [-0.05, 0) is 30.9 Å². The van der Waals surface area contributed by atoms with Gasteiger partial charge in [0.2, 0.25) is 0 Å². The molecule has 1 heterocycles. The van der Waals surface area contributed by atoms with Crippen molar-refractivity contribution in [3.8, 4) is 0 Å². The number of aromatic nitrogens is 1. The summed E-state index contributed by atoms with van der Waals surface area (Å²) in [6, 6.07) is 8.00. The summed E-state index contributed by atoms with van der Waals surface area (Å²) in [5.41, 5.74) is 8.25. The molecule has 19 heavy (non-hydrogen) atoms. The molecular formula is C15H17ClN2S. The standard InChI is InChI=1S/C15H17ClN2S/c16-12-6-2-1-4-10(12)8-14-18-15-11(9-17)5-3-7-13(15)19-14/h1-2,4,6,11H,3,5,7-9,17H2. The summed E-state index contributed by atoms with van der Waals surface area (Å²) in [5.74, 6) is 0.458. The van der Waals surface area contributed by atoms with Gasteiger partial charge in [-0.1, -0.05) is 29.8 Å². The lowest BCUT2D eigenvalue weighted by Crippen LogP contribution is -2.17. The number of nitrogens with two attached hydrogens (primary N) is 1. The zero-order valence-electron chi connectivity index (χ0n) is 10.7. The SMILES string of the molecule is NCC1CCCc2sc(Cc3ccccc3Cl)nc21. The number of fused-ring (bicyclic) bond motifs is 1. The van der Waals surface area contributed by atoms with Gasteiger partial charge in [0.1, 0.15) is 0 Å². The molecule has 1 aliphatic carbocycles. The Hall–Kier alpha value is -0.900. The zero-order valence-corrected chi connectivity index (χ0v) is 12.3. The van der Waals surface area contributed by atoms with E-state index >= 15 is 0 Å². The van der Waals surface area contributed by atoms with Gasteiger partial charge in [-0.15, -0.1) is 11.3 Å². The van der Waals surface area contributed by atoms with Gasteiger partial charge in [0.15, 0.2) is 0 Å². The van der Waals surface area contributed by atoms with E-state index in [0.29, 0.717) is 12.5 Å². The number of halogens is 1. The minimum Gasteiger partial charge on any atom is -0.330 e. The third kappa shape index (κ3) is 2.69. The van der Waals surface area contributed by atoms with Crippen LogP contribution in [-0.4, -0.2) is 11.5 Å². The predicted octanol–water partition coefficient (Wildman–Crippen LogP) is 3.77.